The van der Waals surface area contributed by atoms with Crippen LogP contribution in [0.5, 0.6) is 0 Å². The molecule has 5 nitrogen and oxygen atoms in total. The first-order chi connectivity index (χ1) is 11.1. The molecule has 0 saturated carbocycles. The molecule has 5 heteroatoms. The number of rotatable bonds is 5. The lowest BCUT2D eigenvalue weighted by Crippen LogP contribution is -2.28. The maximum Gasteiger partial charge on any atom is 0.270 e. The van der Waals surface area contributed by atoms with Gasteiger partial charge in [-0.2, -0.15) is 5.10 Å². The Morgan fingerprint density at radius 3 is 2.83 bits per heavy atom. The number of carbonyl (C=O) groups is 1. The molecule has 0 radical (unpaired) electrons. The zero-order valence-electron chi connectivity index (χ0n) is 13.8. The molecule has 23 heavy (non-hydrogen) atoms. The van der Waals surface area contributed by atoms with Crippen molar-refractivity contribution >= 4 is 16.8 Å². The van der Waals surface area contributed by atoms with Crippen LogP contribution < -0.4 is 0 Å². The van der Waals surface area contributed by atoms with Crippen LogP contribution in [0.15, 0.2) is 36.4 Å². The summed E-state index contributed by atoms with van der Waals surface area (Å²) in [5, 5.41) is 8.38. The van der Waals surface area contributed by atoms with Gasteiger partial charge in [0.05, 0.1) is 17.9 Å². The summed E-state index contributed by atoms with van der Waals surface area (Å²) in [6, 6.07) is 12.0. The van der Waals surface area contributed by atoms with E-state index >= 15 is 0 Å². The monoisotopic (exact) mass is 310 g/mol. The maximum atomic E-state index is 12.7. The fraction of sp³-hybridized carbons (Fsp3) is 0.333. The van der Waals surface area contributed by atoms with Gasteiger partial charge < -0.3 is 9.47 Å². The molecule has 0 saturated heterocycles. The summed E-state index contributed by atoms with van der Waals surface area (Å²) in [6.45, 7) is 2.65. The lowest BCUT2D eigenvalue weighted by molar-refractivity contribution is 0.0774. The van der Waals surface area contributed by atoms with Gasteiger partial charge in [-0.1, -0.05) is 31.5 Å². The predicted octanol–water partition coefficient (Wildman–Crippen LogP) is 3.13. The second-order valence-electron chi connectivity index (χ2n) is 5.94. The van der Waals surface area contributed by atoms with Crippen LogP contribution in [0.2, 0.25) is 0 Å². The number of aromatic nitrogens is 3. The number of nitrogens with one attached hydrogen (secondary N) is 1. The number of para-hydroxylation sites is 1. The van der Waals surface area contributed by atoms with Crippen molar-refractivity contribution in [2.75, 3.05) is 7.05 Å². The standard InChI is InChI=1S/C18H22N4O/c1-4-7-14-11-15(20-19-14)12-21(2)18(23)17-10-13-8-5-6-9-16(13)22(17)3/h5-6,8-11H,4,7,12H2,1-3H3,(H,19,20). The van der Waals surface area contributed by atoms with E-state index in [9.17, 15) is 4.79 Å². The zero-order valence-corrected chi connectivity index (χ0v) is 13.8. The molecule has 0 unspecified atom stereocenters. The second kappa shape index (κ2) is 6.28. The summed E-state index contributed by atoms with van der Waals surface area (Å²) >= 11 is 0. The third-order valence-corrected chi connectivity index (χ3v) is 4.12. The van der Waals surface area contributed by atoms with Gasteiger partial charge in [-0.15, -0.1) is 0 Å². The highest BCUT2D eigenvalue weighted by atomic mass is 16.2. The van der Waals surface area contributed by atoms with Gasteiger partial charge in [0.1, 0.15) is 5.69 Å². The number of aromatic amines is 1. The normalized spacial score (nSPS) is 11.1. The molecule has 3 rings (SSSR count). The van der Waals surface area contributed by atoms with Crippen LogP contribution in [0.1, 0.15) is 35.2 Å². The molecule has 0 bridgehead atoms. The minimum absolute atomic E-state index is 0.00958. The van der Waals surface area contributed by atoms with Crippen LogP contribution in [-0.4, -0.2) is 32.6 Å². The van der Waals surface area contributed by atoms with Crippen LogP contribution in [0.25, 0.3) is 10.9 Å². The highest BCUT2D eigenvalue weighted by Crippen LogP contribution is 2.19. The number of amides is 1. The van der Waals surface area contributed by atoms with Crippen molar-refractivity contribution in [3.05, 3.63) is 53.5 Å². The number of H-pyrrole nitrogens is 1. The SMILES string of the molecule is CCCc1cc(CN(C)C(=O)c2cc3ccccc3n2C)[nH]n1. The van der Waals surface area contributed by atoms with Crippen LogP contribution in [0, 0.1) is 0 Å². The fourth-order valence-electron chi connectivity index (χ4n) is 2.89. The van der Waals surface area contributed by atoms with E-state index in [0.29, 0.717) is 12.2 Å². The molecule has 1 aromatic carbocycles. The minimum atomic E-state index is 0.00958. The Hall–Kier alpha value is -2.56. The third-order valence-electron chi connectivity index (χ3n) is 4.12. The van der Waals surface area contributed by atoms with E-state index in [0.717, 1.165) is 35.1 Å². The maximum absolute atomic E-state index is 12.7. The third kappa shape index (κ3) is 2.99. The van der Waals surface area contributed by atoms with E-state index < -0.39 is 0 Å². The van der Waals surface area contributed by atoms with Gasteiger partial charge in [0.15, 0.2) is 0 Å². The van der Waals surface area contributed by atoms with Crippen molar-refractivity contribution < 1.29 is 4.79 Å². The fourth-order valence-corrected chi connectivity index (χ4v) is 2.89. The number of hydrogen-bond donors (Lipinski definition) is 1. The summed E-state index contributed by atoms with van der Waals surface area (Å²) in [5.41, 5.74) is 3.77. The molecular weight excluding hydrogens is 288 g/mol. The average Bonchev–Trinajstić information content (AvgIpc) is 3.12. The van der Waals surface area contributed by atoms with Crippen molar-refractivity contribution in [1.29, 1.82) is 0 Å². The first kappa shape index (κ1) is 15.3. The largest absolute Gasteiger partial charge is 0.340 e. The Balaban J connectivity index is 1.79. The molecule has 1 amide bonds. The van der Waals surface area contributed by atoms with Gasteiger partial charge in [0.25, 0.3) is 5.91 Å². The number of carbonyl (C=O) groups excluding carboxylic acids is 1. The van der Waals surface area contributed by atoms with Crippen molar-refractivity contribution in [3.63, 3.8) is 0 Å². The number of aryl methyl sites for hydroxylation is 2. The Morgan fingerprint density at radius 2 is 2.09 bits per heavy atom. The van der Waals surface area contributed by atoms with Gasteiger partial charge >= 0.3 is 0 Å². The molecular formula is C18H22N4O. The Morgan fingerprint density at radius 1 is 1.30 bits per heavy atom. The first-order valence-electron chi connectivity index (χ1n) is 7.93. The van der Waals surface area contributed by atoms with Gasteiger partial charge in [0.2, 0.25) is 0 Å². The predicted molar refractivity (Wildman–Crippen MR) is 91.3 cm³/mol. The quantitative estimate of drug-likeness (QED) is 0.787. The number of nitrogens with zero attached hydrogens (tertiary/aromatic N) is 3. The van der Waals surface area contributed by atoms with E-state index in [4.69, 9.17) is 0 Å². The molecule has 3 aromatic rings. The molecule has 0 aliphatic carbocycles. The molecule has 0 aliphatic heterocycles. The second-order valence-corrected chi connectivity index (χ2v) is 5.94. The van der Waals surface area contributed by atoms with Crippen LogP contribution in [0.4, 0.5) is 0 Å². The molecule has 2 heterocycles. The summed E-state index contributed by atoms with van der Waals surface area (Å²) in [5.74, 6) is 0.00958. The minimum Gasteiger partial charge on any atom is -0.340 e. The highest BCUT2D eigenvalue weighted by Gasteiger charge is 2.18. The van der Waals surface area contributed by atoms with E-state index in [1.807, 2.05) is 55.1 Å². The van der Waals surface area contributed by atoms with E-state index in [2.05, 4.69) is 17.1 Å². The Bertz CT molecular complexity index is 831. The molecule has 120 valence electrons. The van der Waals surface area contributed by atoms with Gasteiger partial charge in [-0.25, -0.2) is 0 Å². The number of fused-ring (bicyclic) bond motifs is 1. The van der Waals surface area contributed by atoms with Crippen molar-refractivity contribution in [1.82, 2.24) is 19.7 Å². The van der Waals surface area contributed by atoms with Crippen LogP contribution >= 0.6 is 0 Å². The topological polar surface area (TPSA) is 53.9 Å². The van der Waals surface area contributed by atoms with Crippen molar-refractivity contribution in [2.45, 2.75) is 26.3 Å². The van der Waals surface area contributed by atoms with Gasteiger partial charge in [-0.05, 0) is 24.6 Å². The van der Waals surface area contributed by atoms with Crippen molar-refractivity contribution in [3.8, 4) is 0 Å². The van der Waals surface area contributed by atoms with Gasteiger partial charge in [0, 0.05) is 25.0 Å². The summed E-state index contributed by atoms with van der Waals surface area (Å²) in [7, 11) is 3.75. The average molecular weight is 310 g/mol. The van der Waals surface area contributed by atoms with Crippen molar-refractivity contribution in [2.24, 2.45) is 7.05 Å². The van der Waals surface area contributed by atoms with Gasteiger partial charge in [-0.3, -0.25) is 9.89 Å². The Labute approximate surface area is 135 Å². The van der Waals surface area contributed by atoms with Crippen LogP contribution in [-0.2, 0) is 20.0 Å². The summed E-state index contributed by atoms with van der Waals surface area (Å²) < 4.78 is 1.95. The first-order valence-corrected chi connectivity index (χ1v) is 7.93. The molecule has 0 fully saturated rings. The van der Waals surface area contributed by atoms with E-state index in [1.54, 1.807) is 4.90 Å². The highest BCUT2D eigenvalue weighted by molar-refractivity contribution is 5.98. The molecule has 1 N–H and O–H groups in total. The lowest BCUT2D eigenvalue weighted by atomic mass is 10.2. The zero-order chi connectivity index (χ0) is 16.4. The molecule has 0 atom stereocenters. The Kier molecular flexibility index (Phi) is 4.19. The van der Waals surface area contributed by atoms with E-state index in [1.165, 1.54) is 0 Å². The number of benzene rings is 1. The smallest absolute Gasteiger partial charge is 0.270 e. The molecule has 0 spiro atoms. The summed E-state index contributed by atoms with van der Waals surface area (Å²) in [4.78, 5) is 14.5. The summed E-state index contributed by atoms with van der Waals surface area (Å²) in [6.07, 6.45) is 2.02. The molecule has 0 aliphatic rings. The number of hydrogen-bond acceptors (Lipinski definition) is 2. The lowest BCUT2D eigenvalue weighted by Gasteiger charge is -2.16. The van der Waals surface area contributed by atoms with E-state index in [-0.39, 0.29) is 5.91 Å². The molecule has 2 aromatic heterocycles. The van der Waals surface area contributed by atoms with Crippen LogP contribution in [0.3, 0.4) is 0 Å².